The molecule has 0 saturated heterocycles. The summed E-state index contributed by atoms with van der Waals surface area (Å²) in [6.07, 6.45) is 1.94. The number of likely N-dealkylation sites (N-methyl/N-ethyl adjacent to an activating group) is 1. The van der Waals surface area contributed by atoms with Gasteiger partial charge in [0.15, 0.2) is 0 Å². The first-order valence-corrected chi connectivity index (χ1v) is 5.84. The SMILES string of the molecule is CCCc1c(C(N)=S)nnn1CCN(C)C. The molecule has 1 aromatic heterocycles. The third kappa shape index (κ3) is 3.24. The van der Waals surface area contributed by atoms with Crippen LogP contribution >= 0.6 is 12.2 Å². The Balaban J connectivity index is 2.86. The predicted molar refractivity (Wildman–Crippen MR) is 68.5 cm³/mol. The summed E-state index contributed by atoms with van der Waals surface area (Å²) in [7, 11) is 4.07. The lowest BCUT2D eigenvalue weighted by atomic mass is 10.2. The van der Waals surface area contributed by atoms with Crippen LogP contribution in [0.1, 0.15) is 24.7 Å². The lowest BCUT2D eigenvalue weighted by Gasteiger charge is -2.11. The van der Waals surface area contributed by atoms with Crippen molar-refractivity contribution >= 4 is 17.2 Å². The van der Waals surface area contributed by atoms with Gasteiger partial charge < -0.3 is 10.6 Å². The molecule has 0 radical (unpaired) electrons. The molecule has 16 heavy (non-hydrogen) atoms. The van der Waals surface area contributed by atoms with Gasteiger partial charge in [-0.25, -0.2) is 4.68 Å². The van der Waals surface area contributed by atoms with Crippen LogP contribution in [0.2, 0.25) is 0 Å². The number of nitrogens with zero attached hydrogens (tertiary/aromatic N) is 4. The maximum absolute atomic E-state index is 5.62. The average Bonchev–Trinajstić information content (AvgIpc) is 2.59. The van der Waals surface area contributed by atoms with Gasteiger partial charge in [-0.1, -0.05) is 30.8 Å². The van der Waals surface area contributed by atoms with Gasteiger partial charge in [0.1, 0.15) is 10.7 Å². The molecule has 0 aliphatic carbocycles. The molecule has 1 heterocycles. The fourth-order valence-electron chi connectivity index (χ4n) is 1.48. The van der Waals surface area contributed by atoms with Gasteiger partial charge in [0.2, 0.25) is 0 Å². The Morgan fingerprint density at radius 1 is 1.50 bits per heavy atom. The Morgan fingerprint density at radius 3 is 2.69 bits per heavy atom. The fraction of sp³-hybridized carbons (Fsp3) is 0.700. The summed E-state index contributed by atoms with van der Waals surface area (Å²) in [5.74, 6) is 0. The topological polar surface area (TPSA) is 60.0 Å². The molecule has 0 bridgehead atoms. The van der Waals surface area contributed by atoms with Crippen LogP contribution in [-0.4, -0.2) is 45.5 Å². The summed E-state index contributed by atoms with van der Waals surface area (Å²) in [4.78, 5) is 2.44. The zero-order valence-corrected chi connectivity index (χ0v) is 10.9. The van der Waals surface area contributed by atoms with Crippen LogP contribution < -0.4 is 5.73 Å². The van der Waals surface area contributed by atoms with E-state index >= 15 is 0 Å². The van der Waals surface area contributed by atoms with Crippen molar-refractivity contribution in [2.45, 2.75) is 26.3 Å². The van der Waals surface area contributed by atoms with Crippen LogP contribution in [-0.2, 0) is 13.0 Å². The molecule has 0 amide bonds. The molecule has 6 heteroatoms. The lowest BCUT2D eigenvalue weighted by Crippen LogP contribution is -2.21. The van der Waals surface area contributed by atoms with Gasteiger partial charge >= 0.3 is 0 Å². The van der Waals surface area contributed by atoms with E-state index in [0.29, 0.717) is 10.7 Å². The third-order valence-corrected chi connectivity index (χ3v) is 2.51. The maximum atomic E-state index is 5.62. The van der Waals surface area contributed by atoms with Crippen LogP contribution in [0.25, 0.3) is 0 Å². The maximum Gasteiger partial charge on any atom is 0.143 e. The minimum Gasteiger partial charge on any atom is -0.388 e. The van der Waals surface area contributed by atoms with Crippen molar-refractivity contribution < 1.29 is 0 Å². The monoisotopic (exact) mass is 241 g/mol. The van der Waals surface area contributed by atoms with E-state index in [0.717, 1.165) is 31.6 Å². The van der Waals surface area contributed by atoms with Crippen LogP contribution in [0, 0.1) is 0 Å². The van der Waals surface area contributed by atoms with E-state index in [1.54, 1.807) is 0 Å². The predicted octanol–water partition coefficient (Wildman–Crippen LogP) is 0.426. The number of rotatable bonds is 6. The second-order valence-electron chi connectivity index (χ2n) is 4.03. The highest BCUT2D eigenvalue weighted by Gasteiger charge is 2.13. The highest BCUT2D eigenvalue weighted by molar-refractivity contribution is 7.80. The van der Waals surface area contributed by atoms with Crippen molar-refractivity contribution in [3.8, 4) is 0 Å². The van der Waals surface area contributed by atoms with Crippen LogP contribution in [0.3, 0.4) is 0 Å². The summed E-state index contributed by atoms with van der Waals surface area (Å²) in [5, 5.41) is 8.14. The zero-order chi connectivity index (χ0) is 12.1. The second-order valence-corrected chi connectivity index (χ2v) is 4.47. The summed E-state index contributed by atoms with van der Waals surface area (Å²) in [6.45, 7) is 3.86. The van der Waals surface area contributed by atoms with Crippen LogP contribution in [0.15, 0.2) is 0 Å². The average molecular weight is 241 g/mol. The molecule has 0 aliphatic rings. The molecule has 0 fully saturated rings. The Bertz CT molecular complexity index is 358. The number of aromatic nitrogens is 3. The smallest absolute Gasteiger partial charge is 0.143 e. The Kier molecular flexibility index (Phi) is 4.82. The Hall–Kier alpha value is -1.01. The molecule has 1 rings (SSSR count). The molecule has 0 spiro atoms. The minimum atomic E-state index is 0.333. The van der Waals surface area contributed by atoms with Crippen molar-refractivity contribution in [2.75, 3.05) is 20.6 Å². The van der Waals surface area contributed by atoms with Gasteiger partial charge in [0, 0.05) is 6.54 Å². The van der Waals surface area contributed by atoms with Gasteiger partial charge in [-0.2, -0.15) is 0 Å². The van der Waals surface area contributed by atoms with Gasteiger partial charge in [0.05, 0.1) is 12.2 Å². The number of nitrogens with two attached hydrogens (primary N) is 1. The van der Waals surface area contributed by atoms with E-state index in [1.165, 1.54) is 0 Å². The van der Waals surface area contributed by atoms with Gasteiger partial charge in [-0.15, -0.1) is 5.10 Å². The molecule has 0 unspecified atom stereocenters. The number of thiocarbonyl (C=S) groups is 1. The first-order valence-electron chi connectivity index (χ1n) is 5.43. The molecule has 0 saturated carbocycles. The fourth-order valence-corrected chi connectivity index (χ4v) is 1.64. The summed E-state index contributed by atoms with van der Waals surface area (Å²) in [5.41, 5.74) is 7.35. The van der Waals surface area contributed by atoms with E-state index in [9.17, 15) is 0 Å². The third-order valence-electron chi connectivity index (χ3n) is 2.32. The molecule has 90 valence electrons. The highest BCUT2D eigenvalue weighted by Crippen LogP contribution is 2.08. The van der Waals surface area contributed by atoms with Crippen LogP contribution in [0.4, 0.5) is 0 Å². The molecular formula is C10H19N5S. The van der Waals surface area contributed by atoms with Crippen molar-refractivity contribution in [3.05, 3.63) is 11.4 Å². The lowest BCUT2D eigenvalue weighted by molar-refractivity contribution is 0.366. The molecule has 2 N–H and O–H groups in total. The first kappa shape index (κ1) is 13.1. The first-order chi connectivity index (χ1) is 7.56. The molecule has 0 atom stereocenters. The van der Waals surface area contributed by atoms with Crippen molar-refractivity contribution in [2.24, 2.45) is 5.73 Å². The standard InChI is InChI=1S/C10H19N5S/c1-4-5-8-9(10(11)16)12-13-15(8)7-6-14(2)3/h4-7H2,1-3H3,(H2,11,16). The summed E-state index contributed by atoms with van der Waals surface area (Å²) >= 11 is 4.96. The van der Waals surface area contributed by atoms with Crippen molar-refractivity contribution in [3.63, 3.8) is 0 Å². The van der Waals surface area contributed by atoms with E-state index < -0.39 is 0 Å². The normalized spacial score (nSPS) is 11.0. The van der Waals surface area contributed by atoms with E-state index in [4.69, 9.17) is 18.0 Å². The largest absolute Gasteiger partial charge is 0.388 e. The molecule has 0 aliphatic heterocycles. The Morgan fingerprint density at radius 2 is 2.19 bits per heavy atom. The zero-order valence-electron chi connectivity index (χ0n) is 10.1. The number of hydrogen-bond donors (Lipinski definition) is 1. The summed E-state index contributed by atoms with van der Waals surface area (Å²) < 4.78 is 1.90. The second kappa shape index (κ2) is 5.91. The minimum absolute atomic E-state index is 0.333. The highest BCUT2D eigenvalue weighted by atomic mass is 32.1. The van der Waals surface area contributed by atoms with Crippen molar-refractivity contribution in [1.82, 2.24) is 19.9 Å². The van der Waals surface area contributed by atoms with Gasteiger partial charge in [-0.05, 0) is 20.5 Å². The molecule has 5 nitrogen and oxygen atoms in total. The number of hydrogen-bond acceptors (Lipinski definition) is 4. The molecule has 1 aromatic rings. The summed E-state index contributed by atoms with van der Waals surface area (Å²) in [6, 6.07) is 0. The molecule has 0 aromatic carbocycles. The van der Waals surface area contributed by atoms with Gasteiger partial charge in [-0.3, -0.25) is 0 Å². The van der Waals surface area contributed by atoms with Crippen molar-refractivity contribution in [1.29, 1.82) is 0 Å². The Labute approximate surface area is 102 Å². The van der Waals surface area contributed by atoms with E-state index in [2.05, 4.69) is 22.1 Å². The van der Waals surface area contributed by atoms with E-state index in [-0.39, 0.29) is 0 Å². The van der Waals surface area contributed by atoms with E-state index in [1.807, 2.05) is 18.8 Å². The quantitative estimate of drug-likeness (QED) is 0.732. The van der Waals surface area contributed by atoms with Crippen LogP contribution in [0.5, 0.6) is 0 Å². The molecular weight excluding hydrogens is 222 g/mol. The van der Waals surface area contributed by atoms with Gasteiger partial charge in [0.25, 0.3) is 0 Å².